The van der Waals surface area contributed by atoms with Crippen LogP contribution in [0, 0.1) is 3.57 Å². The minimum Gasteiger partial charge on any atom is -0.298 e. The number of nitrogens with zero attached hydrogens (tertiary/aromatic N) is 1. The van der Waals surface area contributed by atoms with E-state index in [1.807, 2.05) is 47.8 Å². The lowest BCUT2D eigenvalue weighted by atomic mass is 10.2. The topological polar surface area (TPSA) is 42.0 Å². The second-order valence-electron chi connectivity index (χ2n) is 4.45. The molecule has 6 heteroatoms. The van der Waals surface area contributed by atoms with Crippen LogP contribution in [0.1, 0.15) is 10.4 Å². The van der Waals surface area contributed by atoms with E-state index >= 15 is 0 Å². The summed E-state index contributed by atoms with van der Waals surface area (Å²) < 4.78 is 0.903. The van der Waals surface area contributed by atoms with Gasteiger partial charge in [-0.05, 0) is 40.8 Å². The van der Waals surface area contributed by atoms with Gasteiger partial charge in [-0.2, -0.15) is 0 Å². The Balaban J connectivity index is 1.82. The molecule has 1 aromatic heterocycles. The van der Waals surface area contributed by atoms with Gasteiger partial charge in [-0.1, -0.05) is 41.9 Å². The first-order chi connectivity index (χ1) is 10.6. The number of thiazole rings is 1. The Morgan fingerprint density at radius 3 is 2.64 bits per heavy atom. The lowest BCUT2D eigenvalue weighted by Crippen LogP contribution is -2.13. The molecule has 0 fully saturated rings. The standard InChI is InChI=1S/C16H10ClIN2OS/c17-12-7-3-1-5-10(12)14-9-22-16(19-14)20-15(21)11-6-2-4-8-13(11)18/h1-9H,(H,19,20,21). The van der Waals surface area contributed by atoms with Crippen LogP contribution in [-0.2, 0) is 0 Å². The van der Waals surface area contributed by atoms with Crippen LogP contribution in [0.25, 0.3) is 11.3 Å². The summed E-state index contributed by atoms with van der Waals surface area (Å²) in [6.07, 6.45) is 0. The Bertz CT molecular complexity index is 834. The van der Waals surface area contributed by atoms with Gasteiger partial charge in [0.25, 0.3) is 5.91 Å². The molecule has 3 aromatic rings. The summed E-state index contributed by atoms with van der Waals surface area (Å²) in [5, 5.41) is 5.91. The zero-order chi connectivity index (χ0) is 15.5. The second kappa shape index (κ2) is 6.76. The molecule has 0 aliphatic heterocycles. The Kier molecular flexibility index (Phi) is 4.75. The summed E-state index contributed by atoms with van der Waals surface area (Å²) in [6.45, 7) is 0. The van der Waals surface area contributed by atoms with Crippen LogP contribution < -0.4 is 5.32 Å². The highest BCUT2D eigenvalue weighted by molar-refractivity contribution is 14.1. The van der Waals surface area contributed by atoms with Gasteiger partial charge in [0.2, 0.25) is 0 Å². The normalized spacial score (nSPS) is 10.5. The minimum absolute atomic E-state index is 0.162. The fourth-order valence-corrected chi connectivity index (χ4v) is 3.50. The molecular weight excluding hydrogens is 431 g/mol. The maximum absolute atomic E-state index is 12.3. The van der Waals surface area contributed by atoms with Crippen LogP contribution in [0.2, 0.25) is 5.02 Å². The monoisotopic (exact) mass is 440 g/mol. The van der Waals surface area contributed by atoms with Gasteiger partial charge in [-0.25, -0.2) is 4.98 Å². The second-order valence-corrected chi connectivity index (χ2v) is 6.88. The lowest BCUT2D eigenvalue weighted by molar-refractivity contribution is 0.102. The number of benzene rings is 2. The minimum atomic E-state index is -0.162. The number of halogens is 2. The van der Waals surface area contributed by atoms with Crippen molar-refractivity contribution < 1.29 is 4.79 Å². The number of hydrogen-bond acceptors (Lipinski definition) is 3. The van der Waals surface area contributed by atoms with Crippen molar-refractivity contribution in [3.63, 3.8) is 0 Å². The molecule has 22 heavy (non-hydrogen) atoms. The van der Waals surface area contributed by atoms with Crippen molar-refractivity contribution in [2.24, 2.45) is 0 Å². The lowest BCUT2D eigenvalue weighted by Gasteiger charge is -2.03. The fourth-order valence-electron chi connectivity index (χ4n) is 1.93. The van der Waals surface area contributed by atoms with Gasteiger partial charge in [0, 0.05) is 19.5 Å². The molecule has 0 saturated carbocycles. The maximum Gasteiger partial charge on any atom is 0.258 e. The number of amides is 1. The summed E-state index contributed by atoms with van der Waals surface area (Å²) in [6, 6.07) is 14.9. The molecule has 0 unspecified atom stereocenters. The molecule has 110 valence electrons. The van der Waals surface area contributed by atoms with Crippen LogP contribution >= 0.6 is 45.5 Å². The average molecular weight is 441 g/mol. The molecule has 0 spiro atoms. The summed E-state index contributed by atoms with van der Waals surface area (Å²) >= 11 is 9.69. The van der Waals surface area contributed by atoms with E-state index < -0.39 is 0 Å². The Hall–Kier alpha value is -1.44. The van der Waals surface area contributed by atoms with Crippen LogP contribution in [0.15, 0.2) is 53.9 Å². The van der Waals surface area contributed by atoms with Gasteiger partial charge in [-0.15, -0.1) is 11.3 Å². The molecule has 0 aliphatic carbocycles. The molecule has 0 atom stereocenters. The summed E-state index contributed by atoms with van der Waals surface area (Å²) in [5.41, 5.74) is 2.25. The van der Waals surface area contributed by atoms with E-state index in [0.29, 0.717) is 15.7 Å². The van der Waals surface area contributed by atoms with E-state index in [2.05, 4.69) is 32.9 Å². The van der Waals surface area contributed by atoms with Crippen molar-refractivity contribution in [1.82, 2.24) is 4.98 Å². The molecule has 1 heterocycles. The van der Waals surface area contributed by atoms with Crippen molar-refractivity contribution in [2.45, 2.75) is 0 Å². The van der Waals surface area contributed by atoms with Crippen molar-refractivity contribution in [3.8, 4) is 11.3 Å². The molecule has 3 rings (SSSR count). The van der Waals surface area contributed by atoms with Crippen molar-refractivity contribution in [2.75, 3.05) is 5.32 Å². The summed E-state index contributed by atoms with van der Waals surface area (Å²) in [4.78, 5) is 16.7. The first-order valence-corrected chi connectivity index (χ1v) is 8.75. The Labute approximate surface area is 150 Å². The fraction of sp³-hybridized carbons (Fsp3) is 0. The van der Waals surface area contributed by atoms with Gasteiger partial charge in [0.1, 0.15) is 0 Å². The molecule has 3 nitrogen and oxygen atoms in total. The van der Waals surface area contributed by atoms with Gasteiger partial charge in [0.15, 0.2) is 5.13 Å². The van der Waals surface area contributed by atoms with Crippen LogP contribution in [-0.4, -0.2) is 10.9 Å². The highest BCUT2D eigenvalue weighted by atomic mass is 127. The third-order valence-electron chi connectivity index (χ3n) is 2.99. The highest BCUT2D eigenvalue weighted by Crippen LogP contribution is 2.30. The molecule has 0 bridgehead atoms. The number of nitrogens with one attached hydrogen (secondary N) is 1. The van der Waals surface area contributed by atoms with Crippen molar-refractivity contribution in [3.05, 3.63) is 68.1 Å². The smallest absolute Gasteiger partial charge is 0.258 e. The van der Waals surface area contributed by atoms with E-state index in [1.54, 1.807) is 6.07 Å². The van der Waals surface area contributed by atoms with Crippen LogP contribution in [0.3, 0.4) is 0 Å². The predicted octanol–water partition coefficient (Wildman–Crippen LogP) is 5.32. The number of rotatable bonds is 3. The average Bonchev–Trinajstić information content (AvgIpc) is 2.96. The zero-order valence-corrected chi connectivity index (χ0v) is 14.9. The van der Waals surface area contributed by atoms with Crippen molar-refractivity contribution in [1.29, 1.82) is 0 Å². The number of hydrogen-bond donors (Lipinski definition) is 1. The third-order valence-corrected chi connectivity index (χ3v) is 5.02. The molecule has 0 radical (unpaired) electrons. The van der Waals surface area contributed by atoms with E-state index in [9.17, 15) is 4.79 Å². The highest BCUT2D eigenvalue weighted by Gasteiger charge is 2.13. The van der Waals surface area contributed by atoms with Crippen LogP contribution in [0.4, 0.5) is 5.13 Å². The van der Waals surface area contributed by atoms with E-state index in [1.165, 1.54) is 11.3 Å². The van der Waals surface area contributed by atoms with Crippen LogP contribution in [0.5, 0.6) is 0 Å². The van der Waals surface area contributed by atoms with Gasteiger partial charge in [0.05, 0.1) is 11.3 Å². The number of carbonyl (C=O) groups excluding carboxylic acids is 1. The molecule has 0 aliphatic rings. The van der Waals surface area contributed by atoms with E-state index in [-0.39, 0.29) is 5.91 Å². The van der Waals surface area contributed by atoms with E-state index in [4.69, 9.17) is 11.6 Å². The predicted molar refractivity (Wildman–Crippen MR) is 99.7 cm³/mol. The number of anilines is 1. The number of carbonyl (C=O) groups is 1. The Morgan fingerprint density at radius 1 is 1.14 bits per heavy atom. The van der Waals surface area contributed by atoms with Gasteiger partial charge < -0.3 is 0 Å². The molecule has 0 saturated heterocycles. The van der Waals surface area contributed by atoms with Gasteiger partial charge in [-0.3, -0.25) is 10.1 Å². The molecule has 1 amide bonds. The zero-order valence-electron chi connectivity index (χ0n) is 11.2. The largest absolute Gasteiger partial charge is 0.298 e. The maximum atomic E-state index is 12.3. The first kappa shape index (κ1) is 15.5. The SMILES string of the molecule is O=C(Nc1nc(-c2ccccc2Cl)cs1)c1ccccc1I. The molecule has 2 aromatic carbocycles. The van der Waals surface area contributed by atoms with E-state index in [0.717, 1.165) is 14.8 Å². The first-order valence-electron chi connectivity index (χ1n) is 6.41. The summed E-state index contributed by atoms with van der Waals surface area (Å²) in [7, 11) is 0. The molecular formula is C16H10ClIN2OS. The summed E-state index contributed by atoms with van der Waals surface area (Å²) in [5.74, 6) is -0.162. The van der Waals surface area contributed by atoms with Gasteiger partial charge >= 0.3 is 0 Å². The van der Waals surface area contributed by atoms with Crippen molar-refractivity contribution >= 4 is 56.6 Å². The quantitative estimate of drug-likeness (QED) is 0.560. The third kappa shape index (κ3) is 3.31. The molecule has 1 N–H and O–H groups in total. The number of aromatic nitrogens is 1. The Morgan fingerprint density at radius 2 is 1.86 bits per heavy atom.